The maximum absolute atomic E-state index is 6.89. The molecule has 0 amide bonds. The van der Waals surface area contributed by atoms with Gasteiger partial charge in [0.1, 0.15) is 5.75 Å². The predicted molar refractivity (Wildman–Crippen MR) is 55.5 cm³/mol. The highest BCUT2D eigenvalue weighted by Crippen LogP contribution is 2.21. The molecule has 0 N–H and O–H groups in total. The molecule has 1 aromatic rings. The average Bonchev–Trinajstić information content (AvgIpc) is 2.09. The molecule has 0 heterocycles. The van der Waals surface area contributed by atoms with Crippen LogP contribution in [-0.4, -0.2) is 5.72 Å². The van der Waals surface area contributed by atoms with Crippen molar-refractivity contribution < 1.29 is 4.74 Å². The van der Waals surface area contributed by atoms with Crippen LogP contribution in [0.2, 0.25) is 0 Å². The van der Waals surface area contributed by atoms with E-state index in [4.69, 9.17) is 11.3 Å². The van der Waals surface area contributed by atoms with Crippen molar-refractivity contribution in [1.29, 1.82) is 0 Å². The Bertz CT molecular complexity index is 324. The van der Waals surface area contributed by atoms with Crippen molar-refractivity contribution >= 4 is 15.9 Å². The van der Waals surface area contributed by atoms with Gasteiger partial charge in [0.15, 0.2) is 0 Å². The molecule has 0 atom stereocenters. The average molecular weight is 240 g/mol. The molecule has 0 fully saturated rings. The second kappa shape index (κ2) is 3.80. The van der Waals surface area contributed by atoms with E-state index in [1.165, 1.54) is 0 Å². The minimum atomic E-state index is -0.784. The van der Waals surface area contributed by atoms with Crippen molar-refractivity contribution in [2.75, 3.05) is 0 Å². The van der Waals surface area contributed by atoms with E-state index in [2.05, 4.69) is 20.8 Å². The SMILES string of the molecule is [C-]#[N+]C(C)(C)Oc1ccc(Br)cc1. The Kier molecular flexibility index (Phi) is 2.94. The molecule has 0 saturated carbocycles. The molecule has 0 aliphatic carbocycles. The van der Waals surface area contributed by atoms with Gasteiger partial charge in [-0.3, -0.25) is 4.85 Å². The smallest absolute Gasteiger partial charge is 0.369 e. The minimum absolute atomic E-state index is 0.712. The van der Waals surface area contributed by atoms with Crippen LogP contribution in [0.5, 0.6) is 5.75 Å². The molecule has 0 aromatic heterocycles. The van der Waals surface area contributed by atoms with Crippen LogP contribution in [0, 0.1) is 6.57 Å². The summed E-state index contributed by atoms with van der Waals surface area (Å²) in [6.45, 7) is 10.4. The number of nitrogens with zero attached hydrogens (tertiary/aromatic N) is 1. The van der Waals surface area contributed by atoms with Crippen molar-refractivity contribution in [3.05, 3.63) is 40.2 Å². The molecule has 2 nitrogen and oxygen atoms in total. The summed E-state index contributed by atoms with van der Waals surface area (Å²) in [5.74, 6) is 0.712. The fourth-order valence-corrected chi connectivity index (χ4v) is 1.08. The first-order valence-electron chi connectivity index (χ1n) is 3.87. The topological polar surface area (TPSA) is 13.6 Å². The fourth-order valence-electron chi connectivity index (χ4n) is 0.814. The zero-order valence-corrected chi connectivity index (χ0v) is 9.13. The highest BCUT2D eigenvalue weighted by Gasteiger charge is 2.24. The molecule has 1 rings (SSSR count). The van der Waals surface area contributed by atoms with Crippen molar-refractivity contribution in [2.24, 2.45) is 0 Å². The summed E-state index contributed by atoms with van der Waals surface area (Å²) in [5, 5.41) is 0. The summed E-state index contributed by atoms with van der Waals surface area (Å²) in [6.07, 6.45) is 0. The summed E-state index contributed by atoms with van der Waals surface area (Å²) in [7, 11) is 0. The Morgan fingerprint density at radius 3 is 2.31 bits per heavy atom. The largest absolute Gasteiger partial charge is 0.422 e. The Balaban J connectivity index is 2.77. The predicted octanol–water partition coefficient (Wildman–Crippen LogP) is 3.48. The fraction of sp³-hybridized carbons (Fsp3) is 0.300. The Morgan fingerprint density at radius 2 is 1.85 bits per heavy atom. The molecule has 3 heteroatoms. The van der Waals surface area contributed by atoms with Crippen LogP contribution >= 0.6 is 15.9 Å². The molecule has 0 saturated heterocycles. The van der Waals surface area contributed by atoms with Crippen LogP contribution in [-0.2, 0) is 0 Å². The lowest BCUT2D eigenvalue weighted by molar-refractivity contribution is 0.159. The number of hydrogen-bond acceptors (Lipinski definition) is 1. The van der Waals surface area contributed by atoms with Crippen molar-refractivity contribution in [3.8, 4) is 5.75 Å². The third-order valence-electron chi connectivity index (χ3n) is 1.45. The standard InChI is InChI=1S/C10H10BrNO/c1-10(2,12-3)13-9-6-4-8(11)5-7-9/h4-7H,1-2H3. The van der Waals surface area contributed by atoms with Gasteiger partial charge >= 0.3 is 5.72 Å². The third kappa shape index (κ3) is 3.08. The highest BCUT2D eigenvalue weighted by atomic mass is 79.9. The van der Waals surface area contributed by atoms with E-state index in [1.54, 1.807) is 13.8 Å². The van der Waals surface area contributed by atoms with Gasteiger partial charge < -0.3 is 4.74 Å². The Morgan fingerprint density at radius 1 is 1.31 bits per heavy atom. The first-order chi connectivity index (χ1) is 6.03. The number of ether oxygens (including phenoxy) is 1. The van der Waals surface area contributed by atoms with Crippen LogP contribution in [0.25, 0.3) is 4.85 Å². The van der Waals surface area contributed by atoms with Gasteiger partial charge in [0, 0.05) is 4.47 Å². The molecular formula is C10H10BrNO. The maximum atomic E-state index is 6.89. The zero-order chi connectivity index (χ0) is 9.90. The lowest BCUT2D eigenvalue weighted by Gasteiger charge is -2.13. The third-order valence-corrected chi connectivity index (χ3v) is 1.98. The van der Waals surface area contributed by atoms with E-state index >= 15 is 0 Å². The van der Waals surface area contributed by atoms with Gasteiger partial charge in [-0.2, -0.15) is 0 Å². The zero-order valence-electron chi connectivity index (χ0n) is 7.54. The summed E-state index contributed by atoms with van der Waals surface area (Å²) < 4.78 is 6.43. The second-order valence-corrected chi connectivity index (χ2v) is 4.03. The molecule has 68 valence electrons. The Labute approximate surface area is 86.5 Å². The monoisotopic (exact) mass is 239 g/mol. The van der Waals surface area contributed by atoms with Gasteiger partial charge in [-0.05, 0) is 24.3 Å². The van der Waals surface area contributed by atoms with E-state index in [-0.39, 0.29) is 0 Å². The van der Waals surface area contributed by atoms with E-state index < -0.39 is 5.72 Å². The Hall–Kier alpha value is -1.01. The van der Waals surface area contributed by atoms with Crippen LogP contribution in [0.3, 0.4) is 0 Å². The quantitative estimate of drug-likeness (QED) is 0.721. The summed E-state index contributed by atoms with van der Waals surface area (Å²) in [5.41, 5.74) is -0.784. The van der Waals surface area contributed by atoms with Gasteiger partial charge in [0.05, 0.1) is 13.8 Å². The summed E-state index contributed by atoms with van der Waals surface area (Å²) >= 11 is 3.33. The summed E-state index contributed by atoms with van der Waals surface area (Å²) in [6, 6.07) is 7.43. The van der Waals surface area contributed by atoms with Crippen molar-refractivity contribution in [3.63, 3.8) is 0 Å². The second-order valence-electron chi connectivity index (χ2n) is 3.11. The van der Waals surface area contributed by atoms with Crippen LogP contribution < -0.4 is 4.74 Å². The first kappa shape index (κ1) is 10.1. The lowest BCUT2D eigenvalue weighted by Crippen LogP contribution is -2.22. The highest BCUT2D eigenvalue weighted by molar-refractivity contribution is 9.10. The first-order valence-corrected chi connectivity index (χ1v) is 4.66. The number of halogens is 1. The van der Waals surface area contributed by atoms with Crippen LogP contribution in [0.4, 0.5) is 0 Å². The van der Waals surface area contributed by atoms with E-state index in [1.807, 2.05) is 24.3 Å². The normalized spacial score (nSPS) is 10.6. The van der Waals surface area contributed by atoms with E-state index in [0.717, 1.165) is 4.47 Å². The van der Waals surface area contributed by atoms with Crippen LogP contribution in [0.15, 0.2) is 28.7 Å². The molecule has 1 aromatic carbocycles. The minimum Gasteiger partial charge on any atom is -0.422 e. The number of benzene rings is 1. The van der Waals surface area contributed by atoms with Crippen molar-refractivity contribution in [2.45, 2.75) is 19.6 Å². The van der Waals surface area contributed by atoms with Gasteiger partial charge in [0.25, 0.3) is 0 Å². The van der Waals surface area contributed by atoms with Crippen LogP contribution in [0.1, 0.15) is 13.8 Å². The molecule has 0 radical (unpaired) electrons. The molecule has 0 spiro atoms. The maximum Gasteiger partial charge on any atom is 0.369 e. The molecular weight excluding hydrogens is 230 g/mol. The van der Waals surface area contributed by atoms with Gasteiger partial charge in [-0.15, -0.1) is 0 Å². The van der Waals surface area contributed by atoms with Gasteiger partial charge in [0.2, 0.25) is 0 Å². The molecule has 0 bridgehead atoms. The molecule has 0 aliphatic heterocycles. The number of rotatable bonds is 2. The number of hydrogen-bond donors (Lipinski definition) is 0. The molecule has 0 unspecified atom stereocenters. The van der Waals surface area contributed by atoms with E-state index in [0.29, 0.717) is 5.75 Å². The van der Waals surface area contributed by atoms with E-state index in [9.17, 15) is 0 Å². The molecule has 0 aliphatic rings. The molecule has 13 heavy (non-hydrogen) atoms. The van der Waals surface area contributed by atoms with Crippen molar-refractivity contribution in [1.82, 2.24) is 0 Å². The van der Waals surface area contributed by atoms with Gasteiger partial charge in [-0.1, -0.05) is 15.9 Å². The lowest BCUT2D eigenvalue weighted by atomic mass is 10.3. The van der Waals surface area contributed by atoms with Gasteiger partial charge in [-0.25, -0.2) is 6.57 Å². The summed E-state index contributed by atoms with van der Waals surface area (Å²) in [4.78, 5) is 3.35.